The maximum absolute atomic E-state index is 12.2. The van der Waals surface area contributed by atoms with Gasteiger partial charge < -0.3 is 14.4 Å². The number of allylic oxidation sites excluding steroid dienone is 2. The lowest BCUT2D eigenvalue weighted by Crippen LogP contribution is -2.19. The molecule has 0 saturated heterocycles. The summed E-state index contributed by atoms with van der Waals surface area (Å²) in [7, 11) is 3.05. The molecule has 0 spiro atoms. The highest BCUT2D eigenvalue weighted by Gasteiger charge is 2.33. The van der Waals surface area contributed by atoms with E-state index in [0.29, 0.717) is 23.4 Å². The van der Waals surface area contributed by atoms with Crippen LogP contribution in [0.25, 0.3) is 0 Å². The summed E-state index contributed by atoms with van der Waals surface area (Å²) >= 11 is 0. The molecule has 2 rings (SSSR count). The van der Waals surface area contributed by atoms with Gasteiger partial charge in [-0.25, -0.2) is 0 Å². The molecule has 0 aromatic carbocycles. The lowest BCUT2D eigenvalue weighted by atomic mass is 9.95. The molecule has 0 saturated carbocycles. The summed E-state index contributed by atoms with van der Waals surface area (Å²) in [6.45, 7) is 1.69. The smallest absolute Gasteiger partial charge is 0.230 e. The van der Waals surface area contributed by atoms with E-state index in [2.05, 4.69) is 0 Å². The van der Waals surface area contributed by atoms with Gasteiger partial charge in [0.25, 0.3) is 0 Å². The number of carbonyl (C=O) groups excluding carboxylic acids is 2. The molecule has 0 unspecified atom stereocenters. The van der Waals surface area contributed by atoms with Gasteiger partial charge in [0.05, 0.1) is 19.3 Å². The number of aliphatic hydroxyl groups is 1. The number of fused-ring (bicyclic) bond motifs is 1. The summed E-state index contributed by atoms with van der Waals surface area (Å²) in [6.07, 6.45) is 1.78. The van der Waals surface area contributed by atoms with Crippen LogP contribution in [-0.2, 0) is 24.8 Å². The zero-order valence-corrected chi connectivity index (χ0v) is 10.6. The Balaban J connectivity index is 2.75. The predicted octanol–water partition coefficient (Wildman–Crippen LogP) is 0.989. The fourth-order valence-corrected chi connectivity index (χ4v) is 2.44. The van der Waals surface area contributed by atoms with E-state index in [0.717, 1.165) is 5.56 Å². The molecule has 0 fully saturated rings. The van der Waals surface area contributed by atoms with Gasteiger partial charge in [-0.3, -0.25) is 9.59 Å². The van der Waals surface area contributed by atoms with Gasteiger partial charge >= 0.3 is 0 Å². The Labute approximate surface area is 105 Å². The van der Waals surface area contributed by atoms with Crippen LogP contribution >= 0.6 is 0 Å². The molecule has 0 amide bonds. The number of aromatic nitrogens is 1. The quantitative estimate of drug-likeness (QED) is 0.867. The Kier molecular flexibility index (Phi) is 3.09. The number of hydrogen-bond donors (Lipinski definition) is 1. The standard InChI is InChI=1S/C13H15NO4/c1-4-7-8(6-15)14(2)12-9(16)5-10(18-3)13(17)11(7)12/h5,15H,4,6H2,1-3H3. The number of ketones is 2. The van der Waals surface area contributed by atoms with Crippen molar-refractivity contribution in [1.29, 1.82) is 0 Å². The molecular formula is C13H15NO4. The number of carbonyl (C=O) groups is 2. The molecule has 18 heavy (non-hydrogen) atoms. The number of ether oxygens (including phenoxy) is 1. The first-order valence-electron chi connectivity index (χ1n) is 5.72. The Morgan fingerprint density at radius 3 is 2.56 bits per heavy atom. The van der Waals surface area contributed by atoms with Crippen molar-refractivity contribution in [3.8, 4) is 0 Å². The maximum Gasteiger partial charge on any atom is 0.230 e. The molecule has 1 N–H and O–H groups in total. The number of Topliss-reactive ketones (excluding diaryl/α,β-unsaturated/α-hetero) is 1. The third kappa shape index (κ3) is 1.51. The maximum atomic E-state index is 12.2. The molecule has 1 aliphatic rings. The molecule has 0 radical (unpaired) electrons. The van der Waals surface area contributed by atoms with Gasteiger partial charge in [-0.2, -0.15) is 0 Å². The van der Waals surface area contributed by atoms with Crippen molar-refractivity contribution < 1.29 is 19.4 Å². The third-order valence-electron chi connectivity index (χ3n) is 3.30. The summed E-state index contributed by atoms with van der Waals surface area (Å²) < 4.78 is 6.53. The van der Waals surface area contributed by atoms with E-state index in [9.17, 15) is 14.7 Å². The first-order chi connectivity index (χ1) is 8.56. The highest BCUT2D eigenvalue weighted by atomic mass is 16.5. The fraction of sp³-hybridized carbons (Fsp3) is 0.385. The molecule has 96 valence electrons. The highest BCUT2D eigenvalue weighted by Crippen LogP contribution is 2.30. The summed E-state index contributed by atoms with van der Waals surface area (Å²) in [4.78, 5) is 24.2. The van der Waals surface area contributed by atoms with Crippen LogP contribution in [0.2, 0.25) is 0 Å². The van der Waals surface area contributed by atoms with Crippen LogP contribution in [0.15, 0.2) is 11.8 Å². The van der Waals surface area contributed by atoms with Crippen molar-refractivity contribution in [2.24, 2.45) is 7.05 Å². The summed E-state index contributed by atoms with van der Waals surface area (Å²) in [5, 5.41) is 9.38. The van der Waals surface area contributed by atoms with Crippen LogP contribution in [-0.4, -0.2) is 28.3 Å². The first-order valence-corrected chi connectivity index (χ1v) is 5.72. The Hall–Kier alpha value is -1.88. The molecule has 1 aromatic heterocycles. The minimum atomic E-state index is -0.292. The molecule has 0 atom stereocenters. The second-order valence-electron chi connectivity index (χ2n) is 4.13. The number of methoxy groups -OCH3 is 1. The second kappa shape index (κ2) is 4.42. The second-order valence-corrected chi connectivity index (χ2v) is 4.13. The van der Waals surface area contributed by atoms with Crippen LogP contribution in [0.1, 0.15) is 39.0 Å². The van der Waals surface area contributed by atoms with Gasteiger partial charge in [-0.15, -0.1) is 0 Å². The van der Waals surface area contributed by atoms with Crippen molar-refractivity contribution in [2.45, 2.75) is 20.0 Å². The highest BCUT2D eigenvalue weighted by molar-refractivity contribution is 6.24. The van der Waals surface area contributed by atoms with Gasteiger partial charge in [0.2, 0.25) is 11.6 Å². The van der Waals surface area contributed by atoms with Crippen molar-refractivity contribution in [1.82, 2.24) is 4.57 Å². The van der Waals surface area contributed by atoms with E-state index in [1.807, 2.05) is 6.92 Å². The molecule has 1 aliphatic carbocycles. The van der Waals surface area contributed by atoms with Crippen molar-refractivity contribution in [2.75, 3.05) is 7.11 Å². The SMILES string of the molecule is CCc1c2c(n(C)c1CO)C(=O)C=C(OC)C2=O. The number of aliphatic hydroxyl groups excluding tert-OH is 1. The summed E-state index contributed by atoms with van der Waals surface area (Å²) in [5.41, 5.74) is 2.03. The van der Waals surface area contributed by atoms with E-state index < -0.39 is 0 Å². The molecule has 5 heteroatoms. The van der Waals surface area contributed by atoms with E-state index in [1.165, 1.54) is 13.2 Å². The molecule has 5 nitrogen and oxygen atoms in total. The van der Waals surface area contributed by atoms with Gasteiger partial charge in [-0.1, -0.05) is 6.92 Å². The number of rotatable bonds is 3. The number of hydrogen-bond acceptors (Lipinski definition) is 4. The molecule has 1 heterocycles. The largest absolute Gasteiger partial charge is 0.492 e. The Morgan fingerprint density at radius 1 is 1.39 bits per heavy atom. The molecular weight excluding hydrogens is 234 g/mol. The predicted molar refractivity (Wildman–Crippen MR) is 64.5 cm³/mol. The van der Waals surface area contributed by atoms with E-state index >= 15 is 0 Å². The van der Waals surface area contributed by atoms with Gasteiger partial charge in [0.1, 0.15) is 5.69 Å². The van der Waals surface area contributed by atoms with Crippen LogP contribution in [0.3, 0.4) is 0 Å². The third-order valence-corrected chi connectivity index (χ3v) is 3.30. The Morgan fingerprint density at radius 2 is 2.06 bits per heavy atom. The molecule has 0 bridgehead atoms. The van der Waals surface area contributed by atoms with Crippen LogP contribution in [0.4, 0.5) is 0 Å². The van der Waals surface area contributed by atoms with Gasteiger partial charge in [-0.05, 0) is 12.0 Å². The zero-order chi connectivity index (χ0) is 13.4. The van der Waals surface area contributed by atoms with E-state index in [-0.39, 0.29) is 23.9 Å². The van der Waals surface area contributed by atoms with Crippen molar-refractivity contribution in [3.05, 3.63) is 34.3 Å². The normalized spacial score (nSPS) is 14.6. The van der Waals surface area contributed by atoms with Crippen LogP contribution < -0.4 is 0 Å². The lowest BCUT2D eigenvalue weighted by molar-refractivity contribution is 0.0913. The van der Waals surface area contributed by atoms with Gasteiger partial charge in [0, 0.05) is 18.8 Å². The molecule has 0 aliphatic heterocycles. The minimum Gasteiger partial charge on any atom is -0.492 e. The monoisotopic (exact) mass is 249 g/mol. The first kappa shape index (κ1) is 12.6. The fourth-order valence-electron chi connectivity index (χ4n) is 2.44. The minimum absolute atomic E-state index is 0.0530. The average molecular weight is 249 g/mol. The van der Waals surface area contributed by atoms with E-state index in [1.54, 1.807) is 11.6 Å². The lowest BCUT2D eigenvalue weighted by Gasteiger charge is -2.12. The topological polar surface area (TPSA) is 68.5 Å². The average Bonchev–Trinajstić information content (AvgIpc) is 2.66. The zero-order valence-electron chi connectivity index (χ0n) is 10.6. The number of nitrogens with zero attached hydrogens (tertiary/aromatic N) is 1. The van der Waals surface area contributed by atoms with E-state index in [4.69, 9.17) is 4.74 Å². The van der Waals surface area contributed by atoms with Crippen molar-refractivity contribution >= 4 is 11.6 Å². The van der Waals surface area contributed by atoms with Gasteiger partial charge in [0.15, 0.2) is 5.76 Å². The van der Waals surface area contributed by atoms with Crippen molar-refractivity contribution in [3.63, 3.8) is 0 Å². The molecule has 1 aromatic rings. The van der Waals surface area contributed by atoms with Crippen LogP contribution in [0, 0.1) is 0 Å². The summed E-state index contributed by atoms with van der Waals surface area (Å²) in [6, 6.07) is 0. The van der Waals surface area contributed by atoms with Crippen LogP contribution in [0.5, 0.6) is 0 Å². The Bertz CT molecular complexity index is 566. The summed E-state index contributed by atoms with van der Waals surface area (Å²) in [5.74, 6) is -0.505.